The Morgan fingerprint density at radius 3 is 2.70 bits per heavy atom. The molecule has 0 bridgehead atoms. The molecule has 0 N–H and O–H groups in total. The van der Waals surface area contributed by atoms with E-state index in [1.807, 2.05) is 31.2 Å². The number of nitro groups is 1. The van der Waals surface area contributed by atoms with Crippen molar-refractivity contribution in [2.45, 2.75) is 19.4 Å². The molecule has 1 saturated heterocycles. The summed E-state index contributed by atoms with van der Waals surface area (Å²) in [4.78, 5) is 29.9. The molecule has 0 aromatic heterocycles. The van der Waals surface area contributed by atoms with Crippen molar-refractivity contribution in [2.24, 2.45) is 4.99 Å². The predicted molar refractivity (Wildman–Crippen MR) is 106 cm³/mol. The van der Waals surface area contributed by atoms with Crippen LogP contribution in [0.25, 0.3) is 0 Å². The van der Waals surface area contributed by atoms with Crippen LogP contribution in [-0.4, -0.2) is 39.8 Å². The van der Waals surface area contributed by atoms with Crippen molar-refractivity contribution in [3.8, 4) is 5.75 Å². The number of ether oxygens (including phenoxy) is 1. The van der Waals surface area contributed by atoms with Crippen LogP contribution in [0.5, 0.6) is 5.75 Å². The van der Waals surface area contributed by atoms with Gasteiger partial charge in [0.15, 0.2) is 5.17 Å². The van der Waals surface area contributed by atoms with Gasteiger partial charge < -0.3 is 4.74 Å². The number of amides is 1. The molecule has 2 aromatic rings. The fourth-order valence-corrected chi connectivity index (χ4v) is 4.04. The van der Waals surface area contributed by atoms with Crippen molar-refractivity contribution in [1.82, 2.24) is 4.90 Å². The SMILES string of the molecule is CC[C@H]1CSC(=Nc2ccc(OC)cc2)N1C(=O)c1cccc([N+](=O)[O-])c1. The summed E-state index contributed by atoms with van der Waals surface area (Å²) in [5.74, 6) is 1.20. The van der Waals surface area contributed by atoms with Gasteiger partial charge in [0, 0.05) is 29.5 Å². The van der Waals surface area contributed by atoms with E-state index in [4.69, 9.17) is 4.74 Å². The number of methoxy groups -OCH3 is 1. The van der Waals surface area contributed by atoms with Crippen molar-refractivity contribution in [1.29, 1.82) is 0 Å². The average molecular weight is 385 g/mol. The second-order valence-corrected chi connectivity index (χ2v) is 6.94. The fourth-order valence-electron chi connectivity index (χ4n) is 2.77. The minimum absolute atomic E-state index is 0.00115. The number of non-ortho nitro benzene ring substituents is 1. The molecule has 140 valence electrons. The molecule has 0 unspecified atom stereocenters. The van der Waals surface area contributed by atoms with E-state index < -0.39 is 4.92 Å². The van der Waals surface area contributed by atoms with Crippen LogP contribution in [0.3, 0.4) is 0 Å². The van der Waals surface area contributed by atoms with E-state index in [1.54, 1.807) is 18.1 Å². The van der Waals surface area contributed by atoms with Crippen molar-refractivity contribution in [2.75, 3.05) is 12.9 Å². The first kappa shape index (κ1) is 18.9. The van der Waals surface area contributed by atoms with Crippen molar-refractivity contribution in [3.63, 3.8) is 0 Å². The summed E-state index contributed by atoms with van der Waals surface area (Å²) in [5, 5.41) is 11.6. The highest BCUT2D eigenvalue weighted by Crippen LogP contribution is 2.31. The van der Waals surface area contributed by atoms with Gasteiger partial charge in [0.05, 0.1) is 17.7 Å². The van der Waals surface area contributed by atoms with Gasteiger partial charge in [-0.05, 0) is 36.8 Å². The van der Waals surface area contributed by atoms with Crippen LogP contribution in [0.2, 0.25) is 0 Å². The molecule has 3 rings (SSSR count). The third-order valence-corrected chi connectivity index (χ3v) is 5.36. The number of aliphatic imine (C=N–C) groups is 1. The molecular formula is C19H19N3O4S. The number of hydrogen-bond donors (Lipinski definition) is 0. The zero-order valence-electron chi connectivity index (χ0n) is 15.0. The predicted octanol–water partition coefficient (Wildman–Crippen LogP) is 4.26. The molecule has 1 heterocycles. The van der Waals surface area contributed by atoms with Gasteiger partial charge in [0.1, 0.15) is 5.75 Å². The Kier molecular flexibility index (Phi) is 5.75. The van der Waals surface area contributed by atoms with E-state index in [1.165, 1.54) is 30.0 Å². The van der Waals surface area contributed by atoms with Gasteiger partial charge in [-0.15, -0.1) is 0 Å². The molecule has 1 atom stereocenters. The lowest BCUT2D eigenvalue weighted by Gasteiger charge is -2.23. The number of benzene rings is 2. The maximum atomic E-state index is 13.1. The fraction of sp³-hybridized carbons (Fsp3) is 0.263. The number of thioether (sulfide) groups is 1. The molecule has 2 aromatic carbocycles. The highest BCUT2D eigenvalue weighted by Gasteiger charge is 2.35. The smallest absolute Gasteiger partial charge is 0.270 e. The lowest BCUT2D eigenvalue weighted by Crippen LogP contribution is -2.39. The van der Waals surface area contributed by atoms with Crippen LogP contribution in [-0.2, 0) is 0 Å². The number of carbonyl (C=O) groups excluding carboxylic acids is 1. The lowest BCUT2D eigenvalue weighted by atomic mass is 10.1. The number of carbonyl (C=O) groups is 1. The summed E-state index contributed by atoms with van der Waals surface area (Å²) in [7, 11) is 1.60. The Labute approximate surface area is 161 Å². The van der Waals surface area contributed by atoms with Crippen LogP contribution in [0.4, 0.5) is 11.4 Å². The van der Waals surface area contributed by atoms with Crippen LogP contribution < -0.4 is 4.74 Å². The highest BCUT2D eigenvalue weighted by atomic mass is 32.2. The minimum Gasteiger partial charge on any atom is -0.497 e. The van der Waals surface area contributed by atoms with Crippen LogP contribution >= 0.6 is 11.8 Å². The zero-order valence-corrected chi connectivity index (χ0v) is 15.8. The molecule has 0 radical (unpaired) electrons. The van der Waals surface area contributed by atoms with E-state index in [0.717, 1.165) is 17.9 Å². The molecule has 1 aliphatic heterocycles. The quantitative estimate of drug-likeness (QED) is 0.567. The number of nitrogens with zero attached hydrogens (tertiary/aromatic N) is 3. The van der Waals surface area contributed by atoms with Crippen LogP contribution in [0.1, 0.15) is 23.7 Å². The third-order valence-electron chi connectivity index (χ3n) is 4.27. The first-order valence-corrected chi connectivity index (χ1v) is 9.45. The number of hydrogen-bond acceptors (Lipinski definition) is 6. The Morgan fingerprint density at radius 1 is 1.33 bits per heavy atom. The number of rotatable bonds is 5. The Bertz CT molecular complexity index is 883. The maximum absolute atomic E-state index is 13.1. The summed E-state index contributed by atoms with van der Waals surface area (Å²) in [6.45, 7) is 2.01. The Morgan fingerprint density at radius 2 is 2.07 bits per heavy atom. The van der Waals surface area contributed by atoms with Gasteiger partial charge in [-0.2, -0.15) is 0 Å². The molecule has 0 saturated carbocycles. The summed E-state index contributed by atoms with van der Waals surface area (Å²) in [6, 6.07) is 13.1. The second-order valence-electron chi connectivity index (χ2n) is 5.95. The number of nitro benzene ring substituents is 1. The highest BCUT2D eigenvalue weighted by molar-refractivity contribution is 8.14. The molecule has 1 fully saturated rings. The molecule has 0 spiro atoms. The van der Waals surface area contributed by atoms with E-state index >= 15 is 0 Å². The van der Waals surface area contributed by atoms with Gasteiger partial charge in [-0.25, -0.2) is 4.99 Å². The summed E-state index contributed by atoms with van der Waals surface area (Å²) in [5.41, 5.74) is 0.897. The maximum Gasteiger partial charge on any atom is 0.270 e. The van der Waals surface area contributed by atoms with Gasteiger partial charge >= 0.3 is 0 Å². The summed E-state index contributed by atoms with van der Waals surface area (Å²) in [6.07, 6.45) is 0.773. The van der Waals surface area contributed by atoms with E-state index in [9.17, 15) is 14.9 Å². The largest absolute Gasteiger partial charge is 0.497 e. The van der Waals surface area contributed by atoms with E-state index in [-0.39, 0.29) is 23.2 Å². The molecule has 27 heavy (non-hydrogen) atoms. The minimum atomic E-state index is -0.501. The Hall–Kier alpha value is -2.87. The van der Waals surface area contributed by atoms with Crippen molar-refractivity contribution < 1.29 is 14.5 Å². The molecular weight excluding hydrogens is 366 g/mol. The first-order chi connectivity index (χ1) is 13.0. The normalized spacial score (nSPS) is 17.9. The monoisotopic (exact) mass is 385 g/mol. The molecule has 1 aliphatic rings. The van der Waals surface area contributed by atoms with E-state index in [2.05, 4.69) is 4.99 Å². The molecule has 1 amide bonds. The van der Waals surface area contributed by atoms with Gasteiger partial charge in [0.25, 0.3) is 11.6 Å². The van der Waals surface area contributed by atoms with Gasteiger partial charge in [0.2, 0.25) is 0 Å². The van der Waals surface area contributed by atoms with Crippen molar-refractivity contribution >= 4 is 34.2 Å². The van der Waals surface area contributed by atoms with Gasteiger partial charge in [-0.1, -0.05) is 24.8 Å². The number of amidine groups is 1. The molecule has 8 heteroatoms. The lowest BCUT2D eigenvalue weighted by molar-refractivity contribution is -0.384. The standard InChI is InChI=1S/C19H19N3O4S/c1-3-15-12-27-19(20-14-7-9-17(26-2)10-8-14)21(15)18(23)13-5-4-6-16(11-13)22(24)25/h4-11,15H,3,12H2,1-2H3/t15-/m0/s1. The average Bonchev–Trinajstić information content (AvgIpc) is 3.10. The van der Waals surface area contributed by atoms with Gasteiger partial charge in [-0.3, -0.25) is 19.8 Å². The molecule has 0 aliphatic carbocycles. The van der Waals surface area contributed by atoms with Crippen LogP contribution in [0.15, 0.2) is 53.5 Å². The Balaban J connectivity index is 1.93. The zero-order chi connectivity index (χ0) is 19.4. The summed E-state index contributed by atoms with van der Waals surface area (Å²) < 4.78 is 5.15. The summed E-state index contributed by atoms with van der Waals surface area (Å²) >= 11 is 1.51. The first-order valence-electron chi connectivity index (χ1n) is 8.47. The topological polar surface area (TPSA) is 85.0 Å². The second kappa shape index (κ2) is 8.22. The van der Waals surface area contributed by atoms with Crippen LogP contribution in [0, 0.1) is 10.1 Å². The third kappa shape index (κ3) is 4.11. The van der Waals surface area contributed by atoms with Crippen molar-refractivity contribution in [3.05, 3.63) is 64.2 Å². The molecule has 7 nitrogen and oxygen atoms in total. The van der Waals surface area contributed by atoms with E-state index in [0.29, 0.717) is 10.9 Å².